The molecule has 0 aromatic heterocycles. The van der Waals surface area contributed by atoms with E-state index in [0.29, 0.717) is 0 Å². The zero-order valence-corrected chi connectivity index (χ0v) is 11.0. The molecule has 0 aliphatic heterocycles. The van der Waals surface area contributed by atoms with Gasteiger partial charge in [-0.05, 0) is 42.6 Å². The topological polar surface area (TPSA) is 26.0 Å². The van der Waals surface area contributed by atoms with Crippen molar-refractivity contribution < 1.29 is 4.39 Å². The molecule has 0 amide bonds. The molecule has 1 aliphatic carbocycles. The van der Waals surface area contributed by atoms with E-state index in [4.69, 9.17) is 5.73 Å². The molecule has 1 nitrogen and oxygen atoms in total. The first kappa shape index (κ1) is 15.4. The second-order valence-corrected chi connectivity index (χ2v) is 3.68. The zero-order chi connectivity index (χ0) is 13.4. The number of hydrogen-bond acceptors (Lipinski definition) is 1. The maximum absolute atomic E-state index is 12.4. The SMILES string of the molecule is C=C(F)/C=C\C(=C)C1=CC(C)=C(N)CC1.CC. The number of halogens is 1. The summed E-state index contributed by atoms with van der Waals surface area (Å²) in [6.45, 7) is 13.0. The maximum Gasteiger partial charge on any atom is 0.116 e. The summed E-state index contributed by atoms with van der Waals surface area (Å²) in [7, 11) is 0. The van der Waals surface area contributed by atoms with Gasteiger partial charge in [0.2, 0.25) is 0 Å². The molecule has 0 atom stereocenters. The van der Waals surface area contributed by atoms with Crippen LogP contribution < -0.4 is 5.73 Å². The molecule has 0 spiro atoms. The summed E-state index contributed by atoms with van der Waals surface area (Å²) in [6.07, 6.45) is 6.68. The Balaban J connectivity index is 0.00000121. The van der Waals surface area contributed by atoms with Gasteiger partial charge in [-0.3, -0.25) is 0 Å². The first-order valence-electron chi connectivity index (χ1n) is 5.88. The molecule has 1 aliphatic rings. The molecule has 0 saturated heterocycles. The molecule has 0 unspecified atom stereocenters. The Labute approximate surface area is 104 Å². The van der Waals surface area contributed by atoms with Crippen LogP contribution in [0.1, 0.15) is 33.6 Å². The largest absolute Gasteiger partial charge is 0.402 e. The van der Waals surface area contributed by atoms with Crippen LogP contribution >= 0.6 is 0 Å². The van der Waals surface area contributed by atoms with Crippen molar-refractivity contribution in [3.63, 3.8) is 0 Å². The Bertz CT molecular complexity index is 384. The molecular weight excluding hydrogens is 213 g/mol. The van der Waals surface area contributed by atoms with Gasteiger partial charge in [-0.25, -0.2) is 4.39 Å². The van der Waals surface area contributed by atoms with Gasteiger partial charge in [-0.2, -0.15) is 0 Å². The molecule has 17 heavy (non-hydrogen) atoms. The molecule has 2 heteroatoms. The quantitative estimate of drug-likeness (QED) is 0.713. The molecule has 0 bridgehead atoms. The van der Waals surface area contributed by atoms with E-state index in [0.717, 1.165) is 35.3 Å². The van der Waals surface area contributed by atoms with E-state index < -0.39 is 5.83 Å². The molecule has 0 aromatic carbocycles. The number of nitrogens with two attached hydrogens (primary N) is 1. The predicted molar refractivity (Wildman–Crippen MR) is 74.1 cm³/mol. The molecule has 94 valence electrons. The minimum atomic E-state index is -0.459. The summed E-state index contributed by atoms with van der Waals surface area (Å²) in [5.41, 5.74) is 9.70. The fourth-order valence-corrected chi connectivity index (χ4v) is 1.44. The summed E-state index contributed by atoms with van der Waals surface area (Å²) < 4.78 is 12.4. The van der Waals surface area contributed by atoms with Gasteiger partial charge < -0.3 is 5.73 Å². The lowest BCUT2D eigenvalue weighted by Crippen LogP contribution is -2.05. The third-order valence-corrected chi connectivity index (χ3v) is 2.44. The van der Waals surface area contributed by atoms with Crippen LogP contribution in [0.4, 0.5) is 4.39 Å². The van der Waals surface area contributed by atoms with Crippen molar-refractivity contribution in [3.05, 3.63) is 59.6 Å². The van der Waals surface area contributed by atoms with E-state index in [1.165, 1.54) is 6.08 Å². The van der Waals surface area contributed by atoms with E-state index in [1.54, 1.807) is 6.08 Å². The van der Waals surface area contributed by atoms with Crippen molar-refractivity contribution in [2.45, 2.75) is 33.6 Å². The first-order valence-corrected chi connectivity index (χ1v) is 5.88. The molecule has 0 heterocycles. The van der Waals surface area contributed by atoms with Crippen molar-refractivity contribution in [3.8, 4) is 0 Å². The summed E-state index contributed by atoms with van der Waals surface area (Å²) in [5, 5.41) is 0. The molecule has 0 fully saturated rings. The lowest BCUT2D eigenvalue weighted by molar-refractivity contribution is 0.671. The highest BCUT2D eigenvalue weighted by Gasteiger charge is 2.08. The molecule has 0 radical (unpaired) electrons. The average Bonchev–Trinajstić information content (AvgIpc) is 2.32. The van der Waals surface area contributed by atoms with E-state index in [9.17, 15) is 4.39 Å². The molecule has 0 aromatic rings. The van der Waals surface area contributed by atoms with Crippen molar-refractivity contribution >= 4 is 0 Å². The molecule has 2 N–H and O–H groups in total. The Hall–Kier alpha value is -1.57. The van der Waals surface area contributed by atoms with Crippen LogP contribution in [0, 0.1) is 0 Å². The van der Waals surface area contributed by atoms with Crippen LogP contribution in [-0.2, 0) is 0 Å². The molecule has 0 saturated carbocycles. The highest BCUT2D eigenvalue weighted by atomic mass is 19.1. The Morgan fingerprint density at radius 2 is 1.88 bits per heavy atom. The second kappa shape index (κ2) is 7.66. The third kappa shape index (κ3) is 5.34. The van der Waals surface area contributed by atoms with Gasteiger partial charge in [0.1, 0.15) is 5.83 Å². The number of hydrogen-bond donors (Lipinski definition) is 1. The van der Waals surface area contributed by atoms with Crippen LogP contribution in [-0.4, -0.2) is 0 Å². The summed E-state index contributed by atoms with van der Waals surface area (Å²) in [6, 6.07) is 0. The first-order chi connectivity index (χ1) is 8.00. The summed E-state index contributed by atoms with van der Waals surface area (Å²) in [4.78, 5) is 0. The van der Waals surface area contributed by atoms with Crippen LogP contribution in [0.15, 0.2) is 59.6 Å². The van der Waals surface area contributed by atoms with Crippen molar-refractivity contribution in [2.24, 2.45) is 5.73 Å². The maximum atomic E-state index is 12.4. The fourth-order valence-electron chi connectivity index (χ4n) is 1.44. The highest BCUT2D eigenvalue weighted by Crippen LogP contribution is 2.25. The average molecular weight is 235 g/mol. The monoisotopic (exact) mass is 235 g/mol. The lowest BCUT2D eigenvalue weighted by Gasteiger charge is -2.15. The van der Waals surface area contributed by atoms with Crippen LogP contribution in [0.5, 0.6) is 0 Å². The van der Waals surface area contributed by atoms with Crippen molar-refractivity contribution in [2.75, 3.05) is 0 Å². The standard InChI is InChI=1S/C13H16FN.C2H6/c1-9(4-5-11(3)14)12-6-7-13(15)10(2)8-12;1-2/h4-5,8H,1,3,6-7,15H2,2H3;1-2H3/b5-4-;. The van der Waals surface area contributed by atoms with Crippen LogP contribution in [0.25, 0.3) is 0 Å². The highest BCUT2D eigenvalue weighted by molar-refractivity contribution is 5.45. The van der Waals surface area contributed by atoms with Crippen LogP contribution in [0.3, 0.4) is 0 Å². The van der Waals surface area contributed by atoms with Crippen LogP contribution in [0.2, 0.25) is 0 Å². The van der Waals surface area contributed by atoms with Gasteiger partial charge in [-0.1, -0.05) is 39.2 Å². The Morgan fingerprint density at radius 1 is 1.29 bits per heavy atom. The van der Waals surface area contributed by atoms with Crippen molar-refractivity contribution in [1.82, 2.24) is 0 Å². The normalized spacial score (nSPS) is 15.2. The zero-order valence-electron chi connectivity index (χ0n) is 11.0. The number of allylic oxidation sites excluding steroid dienone is 8. The van der Waals surface area contributed by atoms with E-state index in [1.807, 2.05) is 26.8 Å². The minimum Gasteiger partial charge on any atom is -0.402 e. The van der Waals surface area contributed by atoms with Gasteiger partial charge in [0.15, 0.2) is 0 Å². The summed E-state index contributed by atoms with van der Waals surface area (Å²) >= 11 is 0. The summed E-state index contributed by atoms with van der Waals surface area (Å²) in [5.74, 6) is -0.459. The van der Waals surface area contributed by atoms with Crippen molar-refractivity contribution in [1.29, 1.82) is 0 Å². The minimum absolute atomic E-state index is 0.459. The van der Waals surface area contributed by atoms with E-state index >= 15 is 0 Å². The molecule has 1 rings (SSSR count). The lowest BCUT2D eigenvalue weighted by atomic mass is 9.93. The molecular formula is C15H22FN. The Kier molecular flexibility index (Phi) is 6.95. The predicted octanol–water partition coefficient (Wildman–Crippen LogP) is 4.56. The third-order valence-electron chi connectivity index (χ3n) is 2.44. The van der Waals surface area contributed by atoms with Gasteiger partial charge in [-0.15, -0.1) is 0 Å². The second-order valence-electron chi connectivity index (χ2n) is 3.68. The van der Waals surface area contributed by atoms with Gasteiger partial charge in [0, 0.05) is 5.70 Å². The van der Waals surface area contributed by atoms with Gasteiger partial charge in [0.05, 0.1) is 0 Å². The Morgan fingerprint density at radius 3 is 2.35 bits per heavy atom. The van der Waals surface area contributed by atoms with Gasteiger partial charge >= 0.3 is 0 Å². The van der Waals surface area contributed by atoms with E-state index in [-0.39, 0.29) is 0 Å². The number of rotatable bonds is 3. The van der Waals surface area contributed by atoms with Gasteiger partial charge in [0.25, 0.3) is 0 Å². The fraction of sp³-hybridized carbons (Fsp3) is 0.333. The smallest absolute Gasteiger partial charge is 0.116 e. The van der Waals surface area contributed by atoms with E-state index in [2.05, 4.69) is 13.2 Å².